The average molecular weight is 341 g/mol. The lowest BCUT2D eigenvalue weighted by molar-refractivity contribution is -0.146. The van der Waals surface area contributed by atoms with E-state index in [1.807, 2.05) is 0 Å². The summed E-state index contributed by atoms with van der Waals surface area (Å²) in [5.74, 6) is -1.44. The number of halogens is 3. The van der Waals surface area contributed by atoms with Gasteiger partial charge < -0.3 is 10.0 Å². The summed E-state index contributed by atoms with van der Waals surface area (Å²) in [5, 5.41) is 9.33. The first-order valence-corrected chi connectivity index (χ1v) is 7.94. The van der Waals surface area contributed by atoms with Crippen LogP contribution in [0, 0.1) is 11.3 Å². The minimum atomic E-state index is -4.58. The van der Waals surface area contributed by atoms with Gasteiger partial charge in [-0.25, -0.2) is 0 Å². The van der Waals surface area contributed by atoms with Gasteiger partial charge in [0.15, 0.2) is 0 Å². The molecule has 0 atom stereocenters. The lowest BCUT2D eigenvalue weighted by Gasteiger charge is -2.35. The van der Waals surface area contributed by atoms with Gasteiger partial charge in [-0.15, -0.1) is 0 Å². The molecule has 1 aliphatic heterocycles. The number of nitrogens with zero attached hydrogens (tertiary/aromatic N) is 1. The third kappa shape index (κ3) is 2.87. The maximum absolute atomic E-state index is 13.1. The van der Waals surface area contributed by atoms with Gasteiger partial charge in [-0.05, 0) is 43.7 Å². The molecule has 24 heavy (non-hydrogen) atoms. The van der Waals surface area contributed by atoms with Crippen LogP contribution in [0.2, 0.25) is 0 Å². The summed E-state index contributed by atoms with van der Waals surface area (Å²) in [4.78, 5) is 25.3. The molecule has 130 valence electrons. The quantitative estimate of drug-likeness (QED) is 0.916. The zero-order chi connectivity index (χ0) is 17.5. The number of likely N-dealkylation sites (tertiary alicyclic amines) is 1. The van der Waals surface area contributed by atoms with Crippen LogP contribution in [0.4, 0.5) is 13.2 Å². The van der Waals surface area contributed by atoms with Crippen molar-refractivity contribution in [2.45, 2.75) is 31.9 Å². The number of carbonyl (C=O) groups excluding carboxylic acids is 1. The summed E-state index contributed by atoms with van der Waals surface area (Å²) in [5.41, 5.74) is -1.94. The number of carbonyl (C=O) groups is 2. The molecule has 0 spiro atoms. The molecule has 1 saturated carbocycles. The molecule has 1 saturated heterocycles. The van der Waals surface area contributed by atoms with E-state index in [9.17, 15) is 27.9 Å². The highest BCUT2D eigenvalue weighted by atomic mass is 19.4. The second-order valence-corrected chi connectivity index (χ2v) is 6.57. The molecule has 1 N–H and O–H groups in total. The van der Waals surface area contributed by atoms with E-state index in [1.54, 1.807) is 0 Å². The summed E-state index contributed by atoms with van der Waals surface area (Å²) in [6.45, 7) is 0.593. The van der Waals surface area contributed by atoms with E-state index in [2.05, 4.69) is 0 Å². The van der Waals surface area contributed by atoms with Gasteiger partial charge in [-0.2, -0.15) is 13.2 Å². The Balaban J connectivity index is 1.72. The predicted molar refractivity (Wildman–Crippen MR) is 79.4 cm³/mol. The molecule has 3 rings (SSSR count). The first kappa shape index (κ1) is 16.8. The Hall–Kier alpha value is -2.05. The van der Waals surface area contributed by atoms with Gasteiger partial charge in [-0.3, -0.25) is 9.59 Å². The number of amides is 1. The lowest BCUT2D eigenvalue weighted by atomic mass is 9.81. The fourth-order valence-corrected chi connectivity index (χ4v) is 3.65. The van der Waals surface area contributed by atoms with Crippen LogP contribution in [0.3, 0.4) is 0 Å². The fraction of sp³-hybridized carbons (Fsp3) is 0.529. The third-order valence-electron chi connectivity index (χ3n) is 5.24. The van der Waals surface area contributed by atoms with Crippen LogP contribution in [-0.4, -0.2) is 35.0 Å². The van der Waals surface area contributed by atoms with Gasteiger partial charge in [-0.1, -0.05) is 12.1 Å². The summed E-state index contributed by atoms with van der Waals surface area (Å²) < 4.78 is 39.2. The topological polar surface area (TPSA) is 57.6 Å². The molecule has 0 bridgehead atoms. The number of carboxylic acids is 1. The van der Waals surface area contributed by atoms with Crippen LogP contribution in [0.5, 0.6) is 0 Å². The Morgan fingerprint density at radius 1 is 1.12 bits per heavy atom. The van der Waals surface area contributed by atoms with Gasteiger partial charge in [0, 0.05) is 13.1 Å². The standard InChI is InChI=1S/C17H18F3NO3/c18-17(19,20)13-4-2-1-3-12(13)14(22)21-9-5-11(6-10-21)16(7-8-16)15(23)24/h1-4,11H,5-10H2,(H,23,24). The number of hydrogen-bond donors (Lipinski definition) is 1. The minimum Gasteiger partial charge on any atom is -0.481 e. The normalized spacial score (nSPS) is 20.7. The van der Waals surface area contributed by atoms with Crippen molar-refractivity contribution >= 4 is 11.9 Å². The summed E-state index contributed by atoms with van der Waals surface area (Å²) in [6, 6.07) is 4.77. The van der Waals surface area contributed by atoms with Crippen molar-refractivity contribution in [3.63, 3.8) is 0 Å². The van der Waals surface area contributed by atoms with E-state index in [-0.39, 0.29) is 11.5 Å². The fourth-order valence-electron chi connectivity index (χ4n) is 3.65. The highest BCUT2D eigenvalue weighted by molar-refractivity contribution is 5.96. The van der Waals surface area contributed by atoms with Crippen molar-refractivity contribution in [2.75, 3.05) is 13.1 Å². The van der Waals surface area contributed by atoms with E-state index in [0.29, 0.717) is 38.8 Å². The average Bonchev–Trinajstić information content (AvgIpc) is 3.35. The van der Waals surface area contributed by atoms with Crippen molar-refractivity contribution in [1.82, 2.24) is 4.90 Å². The molecule has 0 unspecified atom stereocenters. The van der Waals surface area contributed by atoms with Crippen LogP contribution in [0.1, 0.15) is 41.6 Å². The van der Waals surface area contributed by atoms with Gasteiger partial charge in [0.2, 0.25) is 0 Å². The molecule has 2 aliphatic rings. The lowest BCUT2D eigenvalue weighted by Crippen LogP contribution is -2.42. The molecule has 0 radical (unpaired) electrons. The zero-order valence-electron chi connectivity index (χ0n) is 13.0. The predicted octanol–water partition coefficient (Wildman–Crippen LogP) is 3.42. The first-order valence-electron chi connectivity index (χ1n) is 7.94. The molecule has 0 aromatic heterocycles. The van der Waals surface area contributed by atoms with E-state index in [1.165, 1.54) is 23.1 Å². The number of carboxylic acid groups (broad SMARTS) is 1. The molecule has 1 heterocycles. The van der Waals surface area contributed by atoms with Crippen LogP contribution < -0.4 is 0 Å². The van der Waals surface area contributed by atoms with E-state index in [0.717, 1.165) is 6.07 Å². The highest BCUT2D eigenvalue weighted by Gasteiger charge is 2.56. The summed E-state index contributed by atoms with van der Waals surface area (Å²) in [6.07, 6.45) is -2.24. The minimum absolute atomic E-state index is 0.00286. The number of aliphatic carboxylic acids is 1. The molecular formula is C17H18F3NO3. The number of piperidine rings is 1. The molecule has 1 amide bonds. The summed E-state index contributed by atoms with van der Waals surface area (Å²) >= 11 is 0. The van der Waals surface area contributed by atoms with E-state index in [4.69, 9.17) is 0 Å². The molecule has 1 aliphatic carbocycles. The molecule has 2 fully saturated rings. The van der Waals surface area contributed by atoms with Gasteiger partial charge in [0.05, 0.1) is 16.5 Å². The van der Waals surface area contributed by atoms with Crippen LogP contribution >= 0.6 is 0 Å². The number of hydrogen-bond acceptors (Lipinski definition) is 2. The SMILES string of the molecule is O=C(c1ccccc1C(F)(F)F)N1CCC(C2(C(=O)O)CC2)CC1. The van der Waals surface area contributed by atoms with E-state index >= 15 is 0 Å². The highest BCUT2D eigenvalue weighted by Crippen LogP contribution is 2.55. The Bertz CT molecular complexity index is 659. The Morgan fingerprint density at radius 2 is 1.71 bits per heavy atom. The van der Waals surface area contributed by atoms with Crippen molar-refractivity contribution in [3.8, 4) is 0 Å². The Kier molecular flexibility index (Phi) is 4.05. The molecule has 1 aromatic rings. The van der Waals surface area contributed by atoms with Crippen LogP contribution in [0.15, 0.2) is 24.3 Å². The largest absolute Gasteiger partial charge is 0.481 e. The Labute approximate surface area is 137 Å². The second-order valence-electron chi connectivity index (χ2n) is 6.57. The van der Waals surface area contributed by atoms with Gasteiger partial charge in [0.1, 0.15) is 0 Å². The maximum Gasteiger partial charge on any atom is 0.417 e. The second kappa shape index (κ2) is 5.79. The van der Waals surface area contributed by atoms with Gasteiger partial charge in [0.25, 0.3) is 5.91 Å². The van der Waals surface area contributed by atoms with E-state index < -0.39 is 29.0 Å². The van der Waals surface area contributed by atoms with Crippen molar-refractivity contribution in [3.05, 3.63) is 35.4 Å². The van der Waals surface area contributed by atoms with Crippen molar-refractivity contribution in [2.24, 2.45) is 11.3 Å². The first-order chi connectivity index (χ1) is 11.3. The molecule has 4 nitrogen and oxygen atoms in total. The molecule has 7 heteroatoms. The smallest absolute Gasteiger partial charge is 0.417 e. The molecule has 1 aromatic carbocycles. The van der Waals surface area contributed by atoms with Crippen molar-refractivity contribution in [1.29, 1.82) is 0 Å². The van der Waals surface area contributed by atoms with Crippen LogP contribution in [-0.2, 0) is 11.0 Å². The maximum atomic E-state index is 13.1. The number of alkyl halides is 3. The number of rotatable bonds is 3. The van der Waals surface area contributed by atoms with Gasteiger partial charge >= 0.3 is 12.1 Å². The zero-order valence-corrected chi connectivity index (χ0v) is 13.0. The monoisotopic (exact) mass is 341 g/mol. The van der Waals surface area contributed by atoms with Crippen LogP contribution in [0.25, 0.3) is 0 Å². The molecular weight excluding hydrogens is 323 g/mol. The summed E-state index contributed by atoms with van der Waals surface area (Å²) in [7, 11) is 0. The van der Waals surface area contributed by atoms with Crippen molar-refractivity contribution < 1.29 is 27.9 Å². The third-order valence-corrected chi connectivity index (χ3v) is 5.24. The number of benzene rings is 1. The Morgan fingerprint density at radius 3 is 2.21 bits per heavy atom.